The van der Waals surface area contributed by atoms with Gasteiger partial charge in [0, 0.05) is 18.4 Å². The first-order valence-electron chi connectivity index (χ1n) is 5.19. The maximum Gasteiger partial charge on any atom is 0.250 e. The smallest absolute Gasteiger partial charge is 0.250 e. The number of hydrogen-bond donors (Lipinski definition) is 1. The number of carbonyl (C=O) groups excluding carboxylic acids is 1. The van der Waals surface area contributed by atoms with Crippen molar-refractivity contribution in [2.75, 3.05) is 32.2 Å². The molecule has 0 heterocycles. The summed E-state index contributed by atoms with van der Waals surface area (Å²) in [5.74, 6) is 2.29. The molecule has 0 fully saturated rings. The zero-order valence-corrected chi connectivity index (χ0v) is 9.73. The number of hydrogen-bond acceptors (Lipinski definition) is 3. The van der Waals surface area contributed by atoms with Gasteiger partial charge >= 0.3 is 0 Å². The molecule has 0 aliphatic carbocycles. The van der Waals surface area contributed by atoms with Crippen molar-refractivity contribution in [3.8, 4) is 12.3 Å². The van der Waals surface area contributed by atoms with Crippen molar-refractivity contribution in [1.29, 1.82) is 0 Å². The number of anilines is 1. The molecule has 4 heteroatoms. The van der Waals surface area contributed by atoms with E-state index >= 15 is 0 Å². The van der Waals surface area contributed by atoms with E-state index in [1.807, 2.05) is 0 Å². The number of methoxy groups -OCH3 is 1. The molecule has 1 rings (SSSR count). The Morgan fingerprint density at radius 3 is 3.00 bits per heavy atom. The molecule has 0 saturated heterocycles. The first-order chi connectivity index (χ1) is 8.26. The van der Waals surface area contributed by atoms with Crippen LogP contribution in [0.25, 0.3) is 0 Å². The predicted molar refractivity (Wildman–Crippen MR) is 65.7 cm³/mol. The van der Waals surface area contributed by atoms with Crippen LogP contribution in [0.3, 0.4) is 0 Å². The minimum absolute atomic E-state index is 0.00361. The number of rotatable bonds is 6. The molecule has 1 aromatic rings. The Hall–Kier alpha value is -1.83. The first-order valence-corrected chi connectivity index (χ1v) is 5.19. The Balaban J connectivity index is 2.37. The summed E-state index contributed by atoms with van der Waals surface area (Å²) >= 11 is 0. The molecule has 0 unspecified atom stereocenters. The maximum atomic E-state index is 11.4. The summed E-state index contributed by atoms with van der Waals surface area (Å²) in [4.78, 5) is 11.4. The van der Waals surface area contributed by atoms with Crippen LogP contribution in [0.4, 0.5) is 5.69 Å². The Kier molecular flexibility index (Phi) is 5.80. The van der Waals surface area contributed by atoms with Crippen molar-refractivity contribution in [2.24, 2.45) is 0 Å². The first kappa shape index (κ1) is 13.2. The normalized spacial score (nSPS) is 9.65. The fourth-order valence-electron chi connectivity index (χ4n) is 1.19. The molecular weight excluding hydrogens is 218 g/mol. The van der Waals surface area contributed by atoms with Crippen molar-refractivity contribution in [1.82, 2.24) is 0 Å². The topological polar surface area (TPSA) is 47.6 Å². The Labute approximate surface area is 101 Å². The van der Waals surface area contributed by atoms with Gasteiger partial charge in [0.1, 0.15) is 6.61 Å². The second kappa shape index (κ2) is 7.44. The lowest BCUT2D eigenvalue weighted by atomic mass is 10.2. The van der Waals surface area contributed by atoms with Crippen molar-refractivity contribution in [3.63, 3.8) is 0 Å². The van der Waals surface area contributed by atoms with Crippen LogP contribution in [0.15, 0.2) is 24.3 Å². The molecule has 0 aromatic heterocycles. The zero-order chi connectivity index (χ0) is 12.5. The molecule has 1 aromatic carbocycles. The lowest BCUT2D eigenvalue weighted by Gasteiger charge is -2.06. The minimum Gasteiger partial charge on any atom is -0.382 e. The summed E-state index contributed by atoms with van der Waals surface area (Å²) in [7, 11) is 1.58. The number of terminal acetylenes is 1. The van der Waals surface area contributed by atoms with Gasteiger partial charge in [0.15, 0.2) is 0 Å². The summed E-state index contributed by atoms with van der Waals surface area (Å²) < 4.78 is 9.88. The highest BCUT2D eigenvalue weighted by molar-refractivity contribution is 5.91. The average molecular weight is 233 g/mol. The van der Waals surface area contributed by atoms with E-state index in [0.29, 0.717) is 18.9 Å². The van der Waals surface area contributed by atoms with E-state index in [1.54, 1.807) is 31.4 Å². The summed E-state index contributed by atoms with van der Waals surface area (Å²) in [6.45, 7) is 0.873. The number of ether oxygens (including phenoxy) is 2. The van der Waals surface area contributed by atoms with Crippen LogP contribution in [-0.4, -0.2) is 32.8 Å². The molecule has 0 aliphatic heterocycles. The van der Waals surface area contributed by atoms with Crippen LogP contribution >= 0.6 is 0 Å². The molecule has 0 radical (unpaired) electrons. The molecule has 0 aliphatic rings. The maximum absolute atomic E-state index is 11.4. The van der Waals surface area contributed by atoms with Gasteiger partial charge in [0.05, 0.1) is 13.2 Å². The van der Waals surface area contributed by atoms with E-state index in [0.717, 1.165) is 5.56 Å². The molecule has 0 saturated carbocycles. The van der Waals surface area contributed by atoms with Crippen LogP contribution in [0.1, 0.15) is 5.56 Å². The van der Waals surface area contributed by atoms with Crippen molar-refractivity contribution < 1.29 is 14.3 Å². The second-order valence-electron chi connectivity index (χ2n) is 3.32. The molecule has 0 bridgehead atoms. The van der Waals surface area contributed by atoms with Crippen molar-refractivity contribution >= 4 is 11.6 Å². The quantitative estimate of drug-likeness (QED) is 0.594. The Morgan fingerprint density at radius 2 is 2.29 bits per heavy atom. The van der Waals surface area contributed by atoms with E-state index in [1.165, 1.54) is 0 Å². The third-order valence-corrected chi connectivity index (χ3v) is 1.98. The van der Waals surface area contributed by atoms with E-state index in [-0.39, 0.29) is 12.5 Å². The third kappa shape index (κ3) is 5.16. The number of benzene rings is 1. The van der Waals surface area contributed by atoms with Crippen LogP contribution in [0.2, 0.25) is 0 Å². The highest BCUT2D eigenvalue weighted by Gasteiger charge is 2.02. The van der Waals surface area contributed by atoms with E-state index < -0.39 is 0 Å². The number of nitrogens with one attached hydrogen (secondary N) is 1. The van der Waals surface area contributed by atoms with Crippen LogP contribution in [0.5, 0.6) is 0 Å². The molecule has 0 atom stereocenters. The fourth-order valence-corrected chi connectivity index (χ4v) is 1.19. The molecular formula is C13H15NO3. The third-order valence-electron chi connectivity index (χ3n) is 1.98. The summed E-state index contributed by atoms with van der Waals surface area (Å²) in [5, 5.41) is 2.69. The summed E-state index contributed by atoms with van der Waals surface area (Å²) in [6, 6.07) is 7.09. The zero-order valence-electron chi connectivity index (χ0n) is 9.73. The Bertz CT molecular complexity index is 409. The summed E-state index contributed by atoms with van der Waals surface area (Å²) in [5.41, 5.74) is 1.39. The van der Waals surface area contributed by atoms with Gasteiger partial charge in [-0.25, -0.2) is 0 Å². The van der Waals surface area contributed by atoms with Gasteiger partial charge in [-0.1, -0.05) is 12.0 Å². The van der Waals surface area contributed by atoms with Gasteiger partial charge in [0.2, 0.25) is 5.91 Å². The van der Waals surface area contributed by atoms with E-state index in [9.17, 15) is 4.79 Å². The summed E-state index contributed by atoms with van der Waals surface area (Å²) in [6.07, 6.45) is 5.26. The monoisotopic (exact) mass is 233 g/mol. The van der Waals surface area contributed by atoms with Gasteiger partial charge in [-0.2, -0.15) is 0 Å². The highest BCUT2D eigenvalue weighted by Crippen LogP contribution is 2.09. The fraction of sp³-hybridized carbons (Fsp3) is 0.308. The predicted octanol–water partition coefficient (Wildman–Crippen LogP) is 1.27. The lowest BCUT2D eigenvalue weighted by molar-refractivity contribution is -0.121. The van der Waals surface area contributed by atoms with Gasteiger partial charge < -0.3 is 14.8 Å². The SMILES string of the molecule is C#Cc1cccc(NC(=O)COCCOC)c1. The number of carbonyl (C=O) groups is 1. The molecule has 17 heavy (non-hydrogen) atoms. The van der Waals surface area contributed by atoms with Crippen LogP contribution in [-0.2, 0) is 14.3 Å². The molecule has 0 spiro atoms. The lowest BCUT2D eigenvalue weighted by Crippen LogP contribution is -2.19. The molecule has 90 valence electrons. The molecule has 4 nitrogen and oxygen atoms in total. The largest absolute Gasteiger partial charge is 0.382 e. The van der Waals surface area contributed by atoms with Crippen molar-refractivity contribution in [2.45, 2.75) is 0 Å². The molecule has 1 amide bonds. The van der Waals surface area contributed by atoms with Gasteiger partial charge in [-0.3, -0.25) is 4.79 Å². The average Bonchev–Trinajstić information content (AvgIpc) is 2.35. The van der Waals surface area contributed by atoms with Crippen LogP contribution in [0, 0.1) is 12.3 Å². The van der Waals surface area contributed by atoms with Gasteiger partial charge in [0.25, 0.3) is 0 Å². The van der Waals surface area contributed by atoms with E-state index in [2.05, 4.69) is 11.2 Å². The Morgan fingerprint density at radius 1 is 1.47 bits per heavy atom. The van der Waals surface area contributed by atoms with Crippen LogP contribution < -0.4 is 5.32 Å². The highest BCUT2D eigenvalue weighted by atomic mass is 16.5. The van der Waals surface area contributed by atoms with Gasteiger partial charge in [-0.05, 0) is 18.2 Å². The van der Waals surface area contributed by atoms with Gasteiger partial charge in [-0.15, -0.1) is 6.42 Å². The van der Waals surface area contributed by atoms with E-state index in [4.69, 9.17) is 15.9 Å². The number of amides is 1. The molecule has 1 N–H and O–H groups in total. The minimum atomic E-state index is -0.213. The second-order valence-corrected chi connectivity index (χ2v) is 3.32. The van der Waals surface area contributed by atoms with Crippen molar-refractivity contribution in [3.05, 3.63) is 29.8 Å². The standard InChI is InChI=1S/C13H15NO3/c1-3-11-5-4-6-12(9-11)14-13(15)10-17-8-7-16-2/h1,4-6,9H,7-8,10H2,2H3,(H,14,15).